The summed E-state index contributed by atoms with van der Waals surface area (Å²) in [6.07, 6.45) is 39.6. The van der Waals surface area contributed by atoms with Gasteiger partial charge in [0.25, 0.3) is 0 Å². The lowest BCUT2D eigenvalue weighted by Crippen LogP contribution is -2.25. The molecule has 0 aromatic rings. The summed E-state index contributed by atoms with van der Waals surface area (Å²) in [7, 11) is -4.62. The highest BCUT2D eigenvalue weighted by molar-refractivity contribution is 7.46. The summed E-state index contributed by atoms with van der Waals surface area (Å²) >= 11 is 0. The maximum absolute atomic E-state index is 11.4. The average Bonchev–Trinajstić information content (AvgIpc) is 3.14. The van der Waals surface area contributed by atoms with Gasteiger partial charge >= 0.3 is 7.82 Å². The smallest absolute Gasteiger partial charge is 0.375 e. The third kappa shape index (κ3) is 39.6. The molecule has 0 aromatic carbocycles. The van der Waals surface area contributed by atoms with Crippen molar-refractivity contribution in [3.8, 4) is 0 Å². The van der Waals surface area contributed by atoms with Crippen LogP contribution in [0.5, 0.6) is 0 Å². The summed E-state index contributed by atoms with van der Waals surface area (Å²) in [4.78, 5) is 18.5. The molecule has 0 aliphatic rings. The fraction of sp³-hybridized carbons (Fsp3) is 0.623. The second-order valence-electron chi connectivity index (χ2n) is 17.6. The van der Waals surface area contributed by atoms with E-state index < -0.39 is 13.9 Å². The van der Waals surface area contributed by atoms with Gasteiger partial charge in [0.2, 0.25) is 0 Å². The highest BCUT2D eigenvalue weighted by Gasteiger charge is 2.19. The first-order valence-corrected chi connectivity index (χ1v) is 24.3. The van der Waals surface area contributed by atoms with E-state index >= 15 is 0 Å². The Bertz CT molecular complexity index is 1550. The lowest BCUT2D eigenvalue weighted by Gasteiger charge is -2.17. The molecule has 1 atom stereocenters. The molecule has 0 aliphatic heterocycles. The molecule has 0 saturated heterocycles. The minimum absolute atomic E-state index is 0.178. The van der Waals surface area contributed by atoms with E-state index in [4.69, 9.17) is 14.0 Å². The van der Waals surface area contributed by atoms with Gasteiger partial charge in [0, 0.05) is 0 Å². The maximum atomic E-state index is 11.4. The van der Waals surface area contributed by atoms with Crippen molar-refractivity contribution in [1.29, 1.82) is 0 Å². The minimum atomic E-state index is -4.62. The van der Waals surface area contributed by atoms with Crippen LogP contribution in [0.1, 0.15) is 186 Å². The van der Waals surface area contributed by atoms with Crippen molar-refractivity contribution in [2.75, 3.05) is 26.4 Å². The summed E-state index contributed by atoms with van der Waals surface area (Å²) in [6, 6.07) is 0. The van der Waals surface area contributed by atoms with Crippen molar-refractivity contribution in [3.05, 3.63) is 116 Å². The number of rotatable bonds is 34. The summed E-state index contributed by atoms with van der Waals surface area (Å²) in [5, 5.41) is 0. The predicted octanol–water partition coefficient (Wildman–Crippen LogP) is 16.2. The van der Waals surface area contributed by atoms with E-state index in [0.29, 0.717) is 13.2 Å². The Labute approximate surface area is 369 Å². The number of ether oxygens (including phenoxy) is 2. The van der Waals surface area contributed by atoms with E-state index in [1.807, 2.05) is 6.08 Å². The zero-order valence-corrected chi connectivity index (χ0v) is 41.4. The van der Waals surface area contributed by atoms with Gasteiger partial charge in [-0.3, -0.25) is 4.52 Å². The Morgan fingerprint density at radius 2 is 0.667 bits per heavy atom. The molecule has 0 amide bonds. The molecule has 0 bridgehead atoms. The topological polar surface area (TPSA) is 85.2 Å². The maximum Gasteiger partial charge on any atom is 0.469 e. The van der Waals surface area contributed by atoms with E-state index in [0.717, 1.165) is 103 Å². The van der Waals surface area contributed by atoms with E-state index in [2.05, 4.69) is 138 Å². The fourth-order valence-corrected chi connectivity index (χ4v) is 6.68. The van der Waals surface area contributed by atoms with E-state index in [1.165, 1.54) is 55.7 Å². The van der Waals surface area contributed by atoms with E-state index in [1.54, 1.807) is 0 Å². The number of hydrogen-bond donors (Lipinski definition) is 2. The summed E-state index contributed by atoms with van der Waals surface area (Å²) in [5.74, 6) is 0. The molecule has 0 aromatic heterocycles. The Morgan fingerprint density at radius 1 is 0.400 bits per heavy atom. The molecule has 6 nitrogen and oxygen atoms in total. The van der Waals surface area contributed by atoms with Crippen molar-refractivity contribution in [3.63, 3.8) is 0 Å². The lowest BCUT2D eigenvalue weighted by molar-refractivity contribution is -0.0267. The van der Waals surface area contributed by atoms with Crippen molar-refractivity contribution >= 4 is 7.82 Å². The van der Waals surface area contributed by atoms with Gasteiger partial charge in [-0.05, 0) is 186 Å². The highest BCUT2D eigenvalue weighted by atomic mass is 31.2. The van der Waals surface area contributed by atoms with Crippen LogP contribution in [-0.2, 0) is 18.6 Å². The average molecular weight is 853 g/mol. The molecule has 0 rings (SSSR count). The molecule has 60 heavy (non-hydrogen) atoms. The molecule has 0 unspecified atom stereocenters. The van der Waals surface area contributed by atoms with Gasteiger partial charge in [-0.15, -0.1) is 0 Å². The molecule has 0 aliphatic carbocycles. The largest absolute Gasteiger partial charge is 0.469 e. The third-order valence-electron chi connectivity index (χ3n) is 10.4. The molecule has 0 radical (unpaired) electrons. The molecule has 0 fully saturated rings. The Hall–Kier alpha value is -2.57. The molecule has 0 spiro atoms. The van der Waals surface area contributed by atoms with Gasteiger partial charge < -0.3 is 19.3 Å². The first kappa shape index (κ1) is 57.4. The number of phosphoric acid groups is 1. The predicted molar refractivity (Wildman–Crippen MR) is 261 cm³/mol. The van der Waals surface area contributed by atoms with E-state index in [9.17, 15) is 14.4 Å². The van der Waals surface area contributed by atoms with Crippen molar-refractivity contribution in [2.24, 2.45) is 0 Å². The van der Waals surface area contributed by atoms with Crippen LogP contribution >= 0.6 is 7.82 Å². The van der Waals surface area contributed by atoms with Crippen molar-refractivity contribution < 1.29 is 28.3 Å². The van der Waals surface area contributed by atoms with Crippen LogP contribution in [0.2, 0.25) is 0 Å². The van der Waals surface area contributed by atoms with Gasteiger partial charge in [0.05, 0.1) is 26.4 Å². The van der Waals surface area contributed by atoms with Gasteiger partial charge in [-0.1, -0.05) is 116 Å². The second kappa shape index (κ2) is 36.0. The molecular formula is C53H89O6P. The SMILES string of the molecule is CC(C)=CCC/C(C)=C/CC/C(C)=C/CC/C(C)=C/CC/C(C)=C/COC[C@@H](COP(=O)(O)O)OC/C=C(\C)CC/C=C(\C)CC/C=C(\C)CC/C=C(\C)CCC=C(C)C. The third-order valence-corrected chi connectivity index (χ3v) is 10.9. The Morgan fingerprint density at radius 3 is 0.950 bits per heavy atom. The first-order valence-electron chi connectivity index (χ1n) is 22.8. The normalized spacial score (nSPS) is 14.8. The quantitative estimate of drug-likeness (QED) is 0.0381. The second-order valence-corrected chi connectivity index (χ2v) is 18.8. The van der Waals surface area contributed by atoms with Gasteiger partial charge in [0.15, 0.2) is 0 Å². The number of phosphoric ester groups is 1. The fourth-order valence-electron chi connectivity index (χ4n) is 6.32. The van der Waals surface area contributed by atoms with Gasteiger partial charge in [-0.25, -0.2) is 4.57 Å². The van der Waals surface area contributed by atoms with Crippen molar-refractivity contribution in [1.82, 2.24) is 0 Å². The molecule has 342 valence electrons. The highest BCUT2D eigenvalue weighted by Crippen LogP contribution is 2.36. The minimum Gasteiger partial charge on any atom is -0.375 e. The van der Waals surface area contributed by atoms with Crippen molar-refractivity contribution in [2.45, 2.75) is 192 Å². The van der Waals surface area contributed by atoms with Crippen LogP contribution in [-0.4, -0.2) is 42.3 Å². The van der Waals surface area contributed by atoms with Crippen LogP contribution in [0.15, 0.2) is 116 Å². The molecular weight excluding hydrogens is 764 g/mol. The zero-order valence-electron chi connectivity index (χ0n) is 40.5. The summed E-state index contributed by atoms with van der Waals surface area (Å²) < 4.78 is 27.9. The monoisotopic (exact) mass is 853 g/mol. The Balaban J connectivity index is 4.61. The van der Waals surface area contributed by atoms with Crippen LogP contribution < -0.4 is 0 Å². The van der Waals surface area contributed by atoms with Crippen LogP contribution in [0.4, 0.5) is 0 Å². The van der Waals surface area contributed by atoms with Crippen LogP contribution in [0.3, 0.4) is 0 Å². The summed E-state index contributed by atoms with van der Waals surface area (Å²) in [5.41, 5.74) is 14.0. The molecule has 0 heterocycles. The lowest BCUT2D eigenvalue weighted by atomic mass is 10.0. The van der Waals surface area contributed by atoms with Crippen LogP contribution in [0, 0.1) is 0 Å². The molecule has 0 saturated carbocycles. The van der Waals surface area contributed by atoms with Crippen LogP contribution in [0.25, 0.3) is 0 Å². The first-order chi connectivity index (χ1) is 28.4. The van der Waals surface area contributed by atoms with Gasteiger partial charge in [-0.2, -0.15) is 0 Å². The standard InChI is InChI=1S/C53H89O6P/c1-43(2)21-13-23-45(5)25-15-27-47(7)29-17-31-49(9)33-19-35-51(11)37-39-57-41-53(42-59-60(54,55)56)58-40-38-52(12)36-20-34-50(10)32-18-30-48(8)28-16-26-46(6)24-14-22-44(3)4/h21-22,25-26,29-30,33-34,37-38,53H,13-20,23-24,27-28,31-32,35-36,39-42H2,1-12H3,(H2,54,55,56)/b45-25+,46-26+,47-29+,48-30+,49-33+,50-34+,51-37+,52-38+/t53-/m0/s1. The zero-order chi connectivity index (χ0) is 45.2. The molecule has 2 N–H and O–H groups in total. The van der Waals surface area contributed by atoms with E-state index in [-0.39, 0.29) is 13.2 Å². The Kier molecular flexibility index (Phi) is 34.4. The number of allylic oxidation sites excluding steroid dienone is 18. The number of hydrogen-bond acceptors (Lipinski definition) is 4. The molecule has 7 heteroatoms. The van der Waals surface area contributed by atoms with Gasteiger partial charge in [0.1, 0.15) is 6.10 Å². The summed E-state index contributed by atoms with van der Waals surface area (Å²) in [6.45, 7) is 26.9.